The first-order valence-corrected chi connectivity index (χ1v) is 5.80. The van der Waals surface area contributed by atoms with Gasteiger partial charge in [-0.1, -0.05) is 6.07 Å². The van der Waals surface area contributed by atoms with E-state index < -0.39 is 17.5 Å². The van der Waals surface area contributed by atoms with Gasteiger partial charge in [-0.3, -0.25) is 9.48 Å². The fourth-order valence-electron chi connectivity index (χ4n) is 1.72. The summed E-state index contributed by atoms with van der Waals surface area (Å²) in [6.07, 6.45) is 3.38. The molecular weight excluding hydrogens is 252 g/mol. The summed E-state index contributed by atoms with van der Waals surface area (Å²) in [5, 5.41) is 6.60. The molecule has 0 aliphatic carbocycles. The van der Waals surface area contributed by atoms with E-state index in [9.17, 15) is 13.6 Å². The van der Waals surface area contributed by atoms with Crippen LogP contribution in [0.15, 0.2) is 36.7 Å². The van der Waals surface area contributed by atoms with Gasteiger partial charge in [0.2, 0.25) is 0 Å². The van der Waals surface area contributed by atoms with Crippen molar-refractivity contribution in [2.24, 2.45) is 0 Å². The molecule has 1 N–H and O–H groups in total. The second-order valence-corrected chi connectivity index (χ2v) is 4.20. The zero-order valence-corrected chi connectivity index (χ0v) is 10.3. The van der Waals surface area contributed by atoms with Gasteiger partial charge in [-0.15, -0.1) is 0 Å². The summed E-state index contributed by atoms with van der Waals surface area (Å²) >= 11 is 0. The van der Waals surface area contributed by atoms with Crippen LogP contribution in [-0.2, 0) is 6.54 Å². The molecule has 0 saturated heterocycles. The van der Waals surface area contributed by atoms with E-state index in [1.165, 1.54) is 12.1 Å². The lowest BCUT2D eigenvalue weighted by Crippen LogP contribution is -2.36. The molecular formula is C13H13F2N3O. The van der Waals surface area contributed by atoms with Gasteiger partial charge in [-0.2, -0.15) is 5.10 Å². The van der Waals surface area contributed by atoms with Crippen LogP contribution in [0.3, 0.4) is 0 Å². The Morgan fingerprint density at radius 2 is 2.21 bits per heavy atom. The quantitative estimate of drug-likeness (QED) is 0.918. The average molecular weight is 265 g/mol. The molecule has 2 aromatic rings. The van der Waals surface area contributed by atoms with Crippen molar-refractivity contribution in [1.29, 1.82) is 0 Å². The number of benzene rings is 1. The lowest BCUT2D eigenvalue weighted by Gasteiger charge is -2.14. The van der Waals surface area contributed by atoms with Crippen molar-refractivity contribution >= 4 is 5.91 Å². The molecule has 0 saturated carbocycles. The lowest BCUT2D eigenvalue weighted by molar-refractivity contribution is 0.0931. The van der Waals surface area contributed by atoms with Crippen molar-refractivity contribution in [3.63, 3.8) is 0 Å². The summed E-state index contributed by atoms with van der Waals surface area (Å²) in [7, 11) is 0. The van der Waals surface area contributed by atoms with Crippen LogP contribution >= 0.6 is 0 Å². The third-order valence-electron chi connectivity index (χ3n) is 2.59. The van der Waals surface area contributed by atoms with Gasteiger partial charge in [0.15, 0.2) is 11.6 Å². The van der Waals surface area contributed by atoms with E-state index in [1.807, 2.05) is 0 Å². The zero-order valence-electron chi connectivity index (χ0n) is 10.3. The largest absolute Gasteiger partial charge is 0.348 e. The first kappa shape index (κ1) is 13.2. The monoisotopic (exact) mass is 265 g/mol. The number of amides is 1. The minimum absolute atomic E-state index is 0.255. The Morgan fingerprint density at radius 1 is 1.42 bits per heavy atom. The van der Waals surface area contributed by atoms with Gasteiger partial charge in [0.25, 0.3) is 5.91 Å². The maximum atomic E-state index is 13.4. The Balaban J connectivity index is 2.02. The van der Waals surface area contributed by atoms with Crippen LogP contribution in [0, 0.1) is 11.6 Å². The summed E-state index contributed by atoms with van der Waals surface area (Å²) in [5.74, 6) is -2.81. The molecule has 0 aliphatic rings. The molecule has 6 heteroatoms. The van der Waals surface area contributed by atoms with Gasteiger partial charge in [-0.25, -0.2) is 8.78 Å². The van der Waals surface area contributed by atoms with E-state index in [2.05, 4.69) is 10.4 Å². The minimum atomic E-state index is -1.13. The van der Waals surface area contributed by atoms with E-state index in [0.717, 1.165) is 6.07 Å². The topological polar surface area (TPSA) is 46.9 Å². The number of carbonyl (C=O) groups excluding carboxylic acids is 1. The number of nitrogens with zero attached hydrogens (tertiary/aromatic N) is 2. The van der Waals surface area contributed by atoms with Crippen LogP contribution in [0.5, 0.6) is 0 Å². The SMILES string of the molecule is CC(Cn1cccn1)NC(=O)c1cccc(F)c1F. The molecule has 0 aliphatic heterocycles. The van der Waals surface area contributed by atoms with Gasteiger partial charge in [0.05, 0.1) is 12.1 Å². The van der Waals surface area contributed by atoms with Crippen LogP contribution < -0.4 is 5.32 Å². The standard InChI is InChI=1S/C13H13F2N3O/c1-9(8-18-7-3-6-16-18)17-13(19)10-4-2-5-11(14)12(10)15/h2-7,9H,8H2,1H3,(H,17,19). The van der Waals surface area contributed by atoms with E-state index in [0.29, 0.717) is 6.54 Å². The highest BCUT2D eigenvalue weighted by Crippen LogP contribution is 2.11. The van der Waals surface area contributed by atoms with Crippen LogP contribution in [0.4, 0.5) is 8.78 Å². The zero-order chi connectivity index (χ0) is 13.8. The second-order valence-electron chi connectivity index (χ2n) is 4.20. The van der Waals surface area contributed by atoms with Gasteiger partial charge in [-0.05, 0) is 25.1 Å². The molecule has 0 spiro atoms. The molecule has 1 amide bonds. The van der Waals surface area contributed by atoms with E-state index >= 15 is 0 Å². The van der Waals surface area contributed by atoms with Crippen LogP contribution in [0.2, 0.25) is 0 Å². The first-order chi connectivity index (χ1) is 9.08. The fraction of sp³-hybridized carbons (Fsp3) is 0.231. The number of nitrogens with one attached hydrogen (secondary N) is 1. The van der Waals surface area contributed by atoms with Gasteiger partial charge < -0.3 is 5.32 Å². The summed E-state index contributed by atoms with van der Waals surface area (Å²) in [4.78, 5) is 11.8. The Hall–Kier alpha value is -2.24. The number of halogens is 2. The van der Waals surface area contributed by atoms with Gasteiger partial charge >= 0.3 is 0 Å². The molecule has 0 radical (unpaired) electrons. The predicted molar refractivity (Wildman–Crippen MR) is 65.5 cm³/mol. The maximum absolute atomic E-state index is 13.4. The number of hydrogen-bond acceptors (Lipinski definition) is 2. The van der Waals surface area contributed by atoms with Crippen LogP contribution in [0.1, 0.15) is 17.3 Å². The molecule has 19 heavy (non-hydrogen) atoms. The fourth-order valence-corrected chi connectivity index (χ4v) is 1.72. The minimum Gasteiger partial charge on any atom is -0.348 e. The molecule has 1 heterocycles. The number of rotatable bonds is 4. The average Bonchev–Trinajstić information content (AvgIpc) is 2.85. The third-order valence-corrected chi connectivity index (χ3v) is 2.59. The van der Waals surface area contributed by atoms with Crippen molar-refractivity contribution in [3.8, 4) is 0 Å². The molecule has 0 fully saturated rings. The first-order valence-electron chi connectivity index (χ1n) is 5.80. The number of aromatic nitrogens is 2. The van der Waals surface area contributed by atoms with E-state index in [-0.39, 0.29) is 11.6 Å². The molecule has 1 aromatic carbocycles. The molecule has 4 nitrogen and oxygen atoms in total. The third kappa shape index (κ3) is 3.15. The second kappa shape index (κ2) is 5.60. The number of hydrogen-bond donors (Lipinski definition) is 1. The molecule has 1 unspecified atom stereocenters. The molecule has 2 rings (SSSR count). The van der Waals surface area contributed by atoms with Crippen molar-refractivity contribution in [2.75, 3.05) is 0 Å². The molecule has 0 bridgehead atoms. The Bertz CT molecular complexity index is 569. The van der Waals surface area contributed by atoms with Crippen molar-refractivity contribution in [3.05, 3.63) is 53.9 Å². The highest BCUT2D eigenvalue weighted by Gasteiger charge is 2.16. The van der Waals surface area contributed by atoms with E-state index in [1.54, 1.807) is 30.1 Å². The smallest absolute Gasteiger partial charge is 0.254 e. The summed E-state index contributed by atoms with van der Waals surface area (Å²) in [5.41, 5.74) is -0.299. The van der Waals surface area contributed by atoms with Crippen molar-refractivity contribution in [2.45, 2.75) is 19.5 Å². The maximum Gasteiger partial charge on any atom is 0.254 e. The predicted octanol–water partition coefficient (Wildman–Crippen LogP) is 1.98. The summed E-state index contributed by atoms with van der Waals surface area (Å²) in [6.45, 7) is 2.21. The van der Waals surface area contributed by atoms with Crippen LogP contribution in [-0.4, -0.2) is 21.7 Å². The highest BCUT2D eigenvalue weighted by molar-refractivity contribution is 5.94. The number of carbonyl (C=O) groups is 1. The highest BCUT2D eigenvalue weighted by atomic mass is 19.2. The van der Waals surface area contributed by atoms with Crippen molar-refractivity contribution < 1.29 is 13.6 Å². The normalized spacial score (nSPS) is 12.2. The Kier molecular flexibility index (Phi) is 3.89. The van der Waals surface area contributed by atoms with E-state index in [4.69, 9.17) is 0 Å². The van der Waals surface area contributed by atoms with Crippen LogP contribution in [0.25, 0.3) is 0 Å². The Morgan fingerprint density at radius 3 is 2.89 bits per heavy atom. The lowest BCUT2D eigenvalue weighted by atomic mass is 10.2. The summed E-state index contributed by atoms with van der Waals surface area (Å²) in [6, 6.07) is 5.02. The van der Waals surface area contributed by atoms with Gasteiger partial charge in [0, 0.05) is 18.4 Å². The molecule has 1 atom stereocenters. The molecule has 100 valence electrons. The van der Waals surface area contributed by atoms with Gasteiger partial charge in [0.1, 0.15) is 0 Å². The summed E-state index contributed by atoms with van der Waals surface area (Å²) < 4.78 is 28.1. The Labute approximate surface area is 109 Å². The van der Waals surface area contributed by atoms with Crippen molar-refractivity contribution in [1.82, 2.24) is 15.1 Å². The molecule has 1 aromatic heterocycles.